The minimum Gasteiger partial charge on any atom is -0.489 e. The zero-order valence-corrected chi connectivity index (χ0v) is 26.3. The van der Waals surface area contributed by atoms with E-state index in [2.05, 4.69) is 30.0 Å². The lowest BCUT2D eigenvalue weighted by atomic mass is 9.84. The lowest BCUT2D eigenvalue weighted by Gasteiger charge is -2.24. The summed E-state index contributed by atoms with van der Waals surface area (Å²) in [5, 5.41) is 8.90. The molecule has 1 fully saturated rings. The molecule has 0 amide bonds. The van der Waals surface area contributed by atoms with Crippen LogP contribution >= 0.6 is 0 Å². The monoisotopic (exact) mass is 597 g/mol. The lowest BCUT2D eigenvalue weighted by Crippen LogP contribution is -2.36. The van der Waals surface area contributed by atoms with Crippen molar-refractivity contribution >= 4 is 30.7 Å². The molecule has 4 aromatic rings. The highest BCUT2D eigenvalue weighted by Gasteiger charge is 2.46. The molecule has 0 saturated heterocycles. The van der Waals surface area contributed by atoms with Crippen molar-refractivity contribution in [3.05, 3.63) is 99.8 Å². The summed E-state index contributed by atoms with van der Waals surface area (Å²) in [6.45, 7) is 9.56. The summed E-state index contributed by atoms with van der Waals surface area (Å²) < 4.78 is 13.0. The molecule has 224 valence electrons. The molecular weight excluding hydrogens is 558 g/mol. The number of rotatable bonds is 11. The highest BCUT2D eigenvalue weighted by Crippen LogP contribution is 2.41. The van der Waals surface area contributed by atoms with Gasteiger partial charge < -0.3 is 9.47 Å². The fourth-order valence-electron chi connectivity index (χ4n) is 5.69. The minimum absolute atomic E-state index is 0.100. The van der Waals surface area contributed by atoms with Crippen molar-refractivity contribution in [1.29, 1.82) is 0 Å². The zero-order valence-electron chi connectivity index (χ0n) is 25.3. The normalized spacial score (nSPS) is 18.5. The molecule has 1 heterocycles. The van der Waals surface area contributed by atoms with Crippen molar-refractivity contribution in [2.24, 2.45) is 17.8 Å². The molecular formula is C34H39N3O5Si. The van der Waals surface area contributed by atoms with Gasteiger partial charge in [-0.3, -0.25) is 14.4 Å². The van der Waals surface area contributed by atoms with E-state index in [0.29, 0.717) is 48.3 Å². The van der Waals surface area contributed by atoms with Crippen LogP contribution in [0.1, 0.15) is 34.3 Å². The second-order valence-corrected chi connectivity index (χ2v) is 18.3. The zero-order chi connectivity index (χ0) is 30.6. The molecule has 1 aromatic heterocycles. The van der Waals surface area contributed by atoms with E-state index >= 15 is 0 Å². The van der Waals surface area contributed by atoms with E-state index in [1.807, 2.05) is 43.3 Å². The van der Waals surface area contributed by atoms with Gasteiger partial charge in [0, 0.05) is 19.6 Å². The summed E-state index contributed by atoms with van der Waals surface area (Å²) in [6.07, 6.45) is 1.13. The largest absolute Gasteiger partial charge is 0.489 e. The Morgan fingerprint density at radius 1 is 0.977 bits per heavy atom. The second-order valence-electron chi connectivity index (χ2n) is 12.7. The third-order valence-corrected chi connectivity index (χ3v) is 9.87. The number of Topliss-reactive ketones (excluding diaryl/α,β-unsaturated/α-hetero) is 1. The number of carbonyl (C=O) groups excluding carboxylic acids is 2. The van der Waals surface area contributed by atoms with Crippen LogP contribution in [0.25, 0.3) is 10.9 Å². The fourth-order valence-corrected chi connectivity index (χ4v) is 6.41. The summed E-state index contributed by atoms with van der Waals surface area (Å²) in [5.74, 6) is -1.32. The molecule has 8 nitrogen and oxygen atoms in total. The summed E-state index contributed by atoms with van der Waals surface area (Å²) in [4.78, 5) is 40.7. The Morgan fingerprint density at radius 3 is 2.44 bits per heavy atom. The first-order valence-electron chi connectivity index (χ1n) is 14.9. The van der Waals surface area contributed by atoms with Gasteiger partial charge in [-0.05, 0) is 73.7 Å². The van der Waals surface area contributed by atoms with Gasteiger partial charge in [0.25, 0.3) is 5.56 Å². The molecule has 1 saturated carbocycles. The molecule has 0 spiro atoms. The molecule has 0 radical (unpaired) electrons. The van der Waals surface area contributed by atoms with Gasteiger partial charge >= 0.3 is 5.97 Å². The summed E-state index contributed by atoms with van der Waals surface area (Å²) >= 11 is 0. The highest BCUT2D eigenvalue weighted by atomic mass is 28.3. The number of aryl methyl sites for hydroxylation is 1. The molecule has 0 N–H and O–H groups in total. The van der Waals surface area contributed by atoms with Crippen molar-refractivity contribution in [2.45, 2.75) is 58.6 Å². The van der Waals surface area contributed by atoms with Gasteiger partial charge in [0.05, 0.1) is 24.5 Å². The van der Waals surface area contributed by atoms with Crippen molar-refractivity contribution in [3.63, 3.8) is 0 Å². The van der Waals surface area contributed by atoms with E-state index in [4.69, 9.17) is 9.47 Å². The Balaban J connectivity index is 1.35. The van der Waals surface area contributed by atoms with Crippen molar-refractivity contribution in [2.75, 3.05) is 6.61 Å². The Bertz CT molecular complexity index is 1650. The number of carbonyl (C=O) groups is 2. The fraction of sp³-hybridized carbons (Fsp3) is 0.382. The van der Waals surface area contributed by atoms with Crippen LogP contribution in [-0.4, -0.2) is 41.4 Å². The van der Waals surface area contributed by atoms with Crippen molar-refractivity contribution in [1.82, 2.24) is 15.0 Å². The van der Waals surface area contributed by atoms with Gasteiger partial charge in [0.2, 0.25) is 0 Å². The van der Waals surface area contributed by atoms with Gasteiger partial charge in [0.15, 0.2) is 5.78 Å². The number of aromatic nitrogens is 3. The van der Waals surface area contributed by atoms with E-state index in [1.54, 1.807) is 36.4 Å². The van der Waals surface area contributed by atoms with Crippen LogP contribution in [0.5, 0.6) is 5.75 Å². The summed E-state index contributed by atoms with van der Waals surface area (Å²) in [7, 11) is -1.43. The van der Waals surface area contributed by atoms with Gasteiger partial charge in [-0.25, -0.2) is 4.68 Å². The number of fused-ring (bicyclic) bond motifs is 1. The molecule has 3 aromatic carbocycles. The molecule has 5 rings (SSSR count). The number of esters is 1. The summed E-state index contributed by atoms with van der Waals surface area (Å²) in [6, 6.07) is 23.3. The summed E-state index contributed by atoms with van der Waals surface area (Å²) in [5.41, 5.74) is 2.82. The maximum absolute atomic E-state index is 13.8. The van der Waals surface area contributed by atoms with E-state index in [0.717, 1.165) is 17.2 Å². The smallest absolute Gasteiger partial charge is 0.310 e. The molecule has 0 aliphatic heterocycles. The lowest BCUT2D eigenvalue weighted by molar-refractivity contribution is -0.150. The molecule has 1 aliphatic rings. The molecule has 9 heteroatoms. The number of hydrogen-bond donors (Lipinski definition) is 0. The van der Waals surface area contributed by atoms with Crippen LogP contribution in [0, 0.1) is 24.7 Å². The van der Waals surface area contributed by atoms with Crippen LogP contribution < -0.4 is 10.3 Å². The van der Waals surface area contributed by atoms with Gasteiger partial charge in [-0.1, -0.05) is 66.8 Å². The van der Waals surface area contributed by atoms with Crippen molar-refractivity contribution < 1.29 is 19.1 Å². The number of hydrogen-bond acceptors (Lipinski definition) is 7. The van der Waals surface area contributed by atoms with E-state index in [9.17, 15) is 14.4 Å². The number of benzene rings is 3. The molecule has 3 atom stereocenters. The van der Waals surface area contributed by atoms with Crippen LogP contribution in [0.4, 0.5) is 0 Å². The third-order valence-electron chi connectivity index (χ3n) is 8.17. The van der Waals surface area contributed by atoms with Crippen LogP contribution in [0.2, 0.25) is 25.7 Å². The molecule has 1 aliphatic carbocycles. The maximum atomic E-state index is 13.8. The Hall–Kier alpha value is -4.11. The first-order chi connectivity index (χ1) is 20.6. The first kappa shape index (κ1) is 30.3. The Labute approximate surface area is 253 Å². The average molecular weight is 598 g/mol. The molecule has 43 heavy (non-hydrogen) atoms. The average Bonchev–Trinajstić information content (AvgIpc) is 3.41. The number of ketones is 1. The van der Waals surface area contributed by atoms with Crippen LogP contribution in [-0.2, 0) is 22.7 Å². The standard InChI is InChI=1S/C34H39N3O5Si/c1-23-10-17-30-29(20-23)33(39)37(36-35-30)21-26-13-16-28(31(26)34(40)41-18-19-43(2,3)4)32(38)25-11-14-27(15-12-25)42-22-24-8-6-5-7-9-24/h5-12,14-15,17,20,26,28,31H,13,16,18-19,21-22H2,1-4H3/t26-,28-,31-/m0/s1. The van der Waals surface area contributed by atoms with Gasteiger partial charge in [0.1, 0.15) is 17.9 Å². The van der Waals surface area contributed by atoms with Crippen molar-refractivity contribution in [3.8, 4) is 5.75 Å². The van der Waals surface area contributed by atoms with Gasteiger partial charge in [-0.15, -0.1) is 5.10 Å². The molecule has 0 unspecified atom stereocenters. The number of ether oxygens (including phenoxy) is 2. The van der Waals surface area contributed by atoms with Crippen LogP contribution in [0.3, 0.4) is 0 Å². The van der Waals surface area contributed by atoms with E-state index in [1.165, 1.54) is 4.68 Å². The van der Waals surface area contributed by atoms with E-state index < -0.39 is 19.9 Å². The predicted octanol–water partition coefficient (Wildman–Crippen LogP) is 6.09. The van der Waals surface area contributed by atoms with E-state index in [-0.39, 0.29) is 29.8 Å². The maximum Gasteiger partial charge on any atom is 0.310 e. The van der Waals surface area contributed by atoms with Crippen LogP contribution in [0.15, 0.2) is 77.6 Å². The van der Waals surface area contributed by atoms with Gasteiger partial charge in [-0.2, -0.15) is 0 Å². The predicted molar refractivity (Wildman–Crippen MR) is 169 cm³/mol. The highest BCUT2D eigenvalue weighted by molar-refractivity contribution is 6.76. The Morgan fingerprint density at radius 2 is 1.72 bits per heavy atom. The molecule has 0 bridgehead atoms. The third kappa shape index (κ3) is 7.46. The topological polar surface area (TPSA) is 100 Å². The SMILES string of the molecule is Cc1ccc2nnn(C[C@@H]3CC[C@H](C(=O)c4ccc(OCc5ccccc5)cc4)[C@H]3C(=O)OCC[Si](C)(C)C)c(=O)c2c1. The first-order valence-corrected chi connectivity index (χ1v) is 18.6. The quantitative estimate of drug-likeness (QED) is 0.117. The second kappa shape index (κ2) is 13.0. The minimum atomic E-state index is -1.43. The number of nitrogens with zero attached hydrogens (tertiary/aromatic N) is 3. The Kier molecular flexibility index (Phi) is 9.20.